The summed E-state index contributed by atoms with van der Waals surface area (Å²) >= 11 is 0. The molecule has 0 spiro atoms. The number of fused-ring (bicyclic) bond motifs is 2. The van der Waals surface area contributed by atoms with E-state index < -0.39 is 6.10 Å². The van der Waals surface area contributed by atoms with Gasteiger partial charge >= 0.3 is 0 Å². The van der Waals surface area contributed by atoms with Crippen LogP contribution in [0.5, 0.6) is 0 Å². The molecule has 3 atom stereocenters. The molecule has 0 radical (unpaired) electrons. The van der Waals surface area contributed by atoms with E-state index in [2.05, 4.69) is 29.1 Å². The van der Waals surface area contributed by atoms with Crippen LogP contribution in [0.2, 0.25) is 0 Å². The molecule has 3 unspecified atom stereocenters. The summed E-state index contributed by atoms with van der Waals surface area (Å²) in [6.45, 7) is 0. The van der Waals surface area contributed by atoms with Gasteiger partial charge in [0, 0.05) is 12.1 Å². The maximum atomic E-state index is 10.1. The molecule has 0 N–H and O–H groups in total. The third-order valence-electron chi connectivity index (χ3n) is 3.55. The molecule has 2 heterocycles. The van der Waals surface area contributed by atoms with E-state index in [0.29, 0.717) is 18.4 Å². The monoisotopic (exact) mass is 232 g/mol. The molecule has 0 aromatic carbocycles. The fraction of sp³-hybridized carbons (Fsp3) is 0.538. The third kappa shape index (κ3) is 2.40. The van der Waals surface area contributed by atoms with Crippen LogP contribution < -0.4 is 0 Å². The first-order valence-corrected chi connectivity index (χ1v) is 5.78. The van der Waals surface area contributed by atoms with Crippen LogP contribution in [0.4, 0.5) is 0 Å². The predicted octanol–water partition coefficient (Wildman–Crippen LogP) is 0.982. The Labute approximate surface area is 101 Å². The number of hydrogen-bond acceptors (Lipinski definition) is 4. The van der Waals surface area contributed by atoms with Crippen LogP contribution in [0.1, 0.15) is 19.3 Å². The minimum Gasteiger partial charge on any atom is -0.375 e. The number of hydrogen-bond donors (Lipinski definition) is 0. The molecule has 4 heteroatoms. The highest BCUT2D eigenvalue weighted by molar-refractivity contribution is 6.12. The lowest BCUT2D eigenvalue weighted by Gasteiger charge is -2.31. The van der Waals surface area contributed by atoms with Crippen molar-refractivity contribution in [1.82, 2.24) is 4.90 Å². The summed E-state index contributed by atoms with van der Waals surface area (Å²) in [5.41, 5.74) is 1.11. The van der Waals surface area contributed by atoms with E-state index in [4.69, 9.17) is 11.3 Å². The van der Waals surface area contributed by atoms with Gasteiger partial charge in [-0.15, -0.1) is 6.42 Å². The second-order valence-corrected chi connectivity index (χ2v) is 4.45. The minimum atomic E-state index is -0.442. The molecular formula is C13H16N2O2. The van der Waals surface area contributed by atoms with Crippen molar-refractivity contribution in [3.63, 3.8) is 0 Å². The van der Waals surface area contributed by atoms with E-state index >= 15 is 0 Å². The van der Waals surface area contributed by atoms with Crippen LogP contribution in [-0.4, -0.2) is 42.6 Å². The van der Waals surface area contributed by atoms with Gasteiger partial charge in [-0.2, -0.15) is 0 Å². The van der Waals surface area contributed by atoms with Crippen molar-refractivity contribution in [3.8, 4) is 12.3 Å². The summed E-state index contributed by atoms with van der Waals surface area (Å²) in [6.07, 6.45) is 12.1. The second-order valence-electron chi connectivity index (χ2n) is 4.45. The van der Waals surface area contributed by atoms with Crippen molar-refractivity contribution >= 4 is 12.5 Å². The minimum absolute atomic E-state index is 0.442. The molecule has 2 aliphatic rings. The average molecular weight is 232 g/mol. The molecule has 0 aromatic heterocycles. The van der Waals surface area contributed by atoms with Crippen molar-refractivity contribution in [1.29, 1.82) is 0 Å². The number of carbonyl (C=O) groups is 1. The molecule has 0 aromatic rings. The highest BCUT2D eigenvalue weighted by Crippen LogP contribution is 2.34. The first-order valence-electron chi connectivity index (χ1n) is 5.78. The first-order chi connectivity index (χ1) is 8.26. The smallest absolute Gasteiger partial charge is 0.208 e. The van der Waals surface area contributed by atoms with Gasteiger partial charge in [0.05, 0.1) is 0 Å². The van der Waals surface area contributed by atoms with E-state index in [-0.39, 0.29) is 0 Å². The average Bonchev–Trinajstić information content (AvgIpc) is 2.56. The topological polar surface area (TPSA) is 41.9 Å². The van der Waals surface area contributed by atoms with Gasteiger partial charge in [0.25, 0.3) is 0 Å². The molecule has 4 nitrogen and oxygen atoms in total. The van der Waals surface area contributed by atoms with Crippen LogP contribution in [0.25, 0.3) is 0 Å². The fourth-order valence-corrected chi connectivity index (χ4v) is 2.60. The molecule has 2 aliphatic heterocycles. The maximum absolute atomic E-state index is 10.1. The predicted molar refractivity (Wildman–Crippen MR) is 65.5 cm³/mol. The zero-order chi connectivity index (χ0) is 12.3. The Morgan fingerprint density at radius 1 is 1.71 bits per heavy atom. The number of carbonyl (C=O) groups excluding carboxylic acids is 1. The highest BCUT2D eigenvalue weighted by Gasteiger charge is 2.35. The molecule has 2 bridgehead atoms. The number of oxime groups is 1. The van der Waals surface area contributed by atoms with Crippen LogP contribution in [0.15, 0.2) is 16.8 Å². The lowest BCUT2D eigenvalue weighted by Crippen LogP contribution is -2.36. The Morgan fingerprint density at radius 3 is 3.18 bits per heavy atom. The Morgan fingerprint density at radius 2 is 2.53 bits per heavy atom. The molecule has 1 fully saturated rings. The largest absolute Gasteiger partial charge is 0.375 e. The third-order valence-corrected chi connectivity index (χ3v) is 3.55. The summed E-state index contributed by atoms with van der Waals surface area (Å²) < 4.78 is 0. The first kappa shape index (κ1) is 11.9. The van der Waals surface area contributed by atoms with Gasteiger partial charge in [0.1, 0.15) is 6.21 Å². The van der Waals surface area contributed by atoms with Gasteiger partial charge in [-0.25, -0.2) is 0 Å². The van der Waals surface area contributed by atoms with Gasteiger partial charge in [-0.05, 0) is 31.9 Å². The number of aldehydes is 1. The Balaban J connectivity index is 2.06. The second kappa shape index (κ2) is 5.15. The van der Waals surface area contributed by atoms with Crippen LogP contribution in [0.3, 0.4) is 0 Å². The van der Waals surface area contributed by atoms with Crippen molar-refractivity contribution in [2.45, 2.75) is 37.5 Å². The van der Waals surface area contributed by atoms with Crippen molar-refractivity contribution in [2.24, 2.45) is 5.16 Å². The normalized spacial score (nSPS) is 29.8. The van der Waals surface area contributed by atoms with Crippen molar-refractivity contribution < 1.29 is 9.63 Å². The van der Waals surface area contributed by atoms with Gasteiger partial charge in [0.2, 0.25) is 6.10 Å². The Hall–Kier alpha value is -1.60. The van der Waals surface area contributed by atoms with Gasteiger partial charge in [-0.1, -0.05) is 17.2 Å². The number of rotatable bonds is 4. The zero-order valence-corrected chi connectivity index (χ0v) is 9.87. The molecule has 2 rings (SSSR count). The number of likely N-dealkylation sites (N-methyl/N-ethyl adjacent to an activating group) is 1. The lowest BCUT2D eigenvalue weighted by molar-refractivity contribution is -0.102. The van der Waals surface area contributed by atoms with Gasteiger partial charge in [-0.3, -0.25) is 9.69 Å². The van der Waals surface area contributed by atoms with Gasteiger partial charge < -0.3 is 4.84 Å². The quantitative estimate of drug-likeness (QED) is 0.238. The SMILES string of the molecule is C#CC(ON=CC=O)C1=CC2CCC(C1)N2C. The van der Waals surface area contributed by atoms with Crippen LogP contribution >= 0.6 is 0 Å². The van der Waals surface area contributed by atoms with Gasteiger partial charge in [0.15, 0.2) is 6.29 Å². The zero-order valence-electron chi connectivity index (χ0n) is 9.87. The number of terminal acetylenes is 1. The summed E-state index contributed by atoms with van der Waals surface area (Å²) in [7, 11) is 2.14. The highest BCUT2D eigenvalue weighted by atomic mass is 16.6. The standard InChI is InChI=1S/C13H16N2O2/c1-3-13(17-14-6-7-16)10-8-11-4-5-12(9-10)15(11)2/h1,6-8,11-13H,4-5,9H2,2H3. The molecule has 0 amide bonds. The Kier molecular flexibility index (Phi) is 3.60. The van der Waals surface area contributed by atoms with E-state index in [0.717, 1.165) is 18.2 Å². The maximum Gasteiger partial charge on any atom is 0.208 e. The summed E-state index contributed by atoms with van der Waals surface area (Å²) in [6, 6.07) is 1.03. The molecular weight excluding hydrogens is 216 g/mol. The summed E-state index contributed by atoms with van der Waals surface area (Å²) in [5.74, 6) is 2.58. The van der Waals surface area contributed by atoms with E-state index in [1.165, 1.54) is 12.8 Å². The Bertz CT molecular complexity index is 395. The van der Waals surface area contributed by atoms with E-state index in [1.54, 1.807) is 0 Å². The molecule has 90 valence electrons. The molecule has 0 aliphatic carbocycles. The number of nitrogens with zero attached hydrogens (tertiary/aromatic N) is 2. The summed E-state index contributed by atoms with van der Waals surface area (Å²) in [5, 5.41) is 3.54. The fourth-order valence-electron chi connectivity index (χ4n) is 2.60. The molecule has 17 heavy (non-hydrogen) atoms. The summed E-state index contributed by atoms with van der Waals surface area (Å²) in [4.78, 5) is 17.6. The van der Waals surface area contributed by atoms with Crippen LogP contribution in [-0.2, 0) is 9.63 Å². The van der Waals surface area contributed by atoms with Crippen LogP contribution in [0, 0.1) is 12.3 Å². The van der Waals surface area contributed by atoms with E-state index in [1.807, 2.05) is 0 Å². The molecule has 0 saturated carbocycles. The van der Waals surface area contributed by atoms with Crippen molar-refractivity contribution in [3.05, 3.63) is 11.6 Å². The van der Waals surface area contributed by atoms with E-state index in [9.17, 15) is 4.79 Å². The van der Waals surface area contributed by atoms with Crippen molar-refractivity contribution in [2.75, 3.05) is 7.05 Å². The lowest BCUT2D eigenvalue weighted by atomic mass is 9.97. The molecule has 1 saturated heterocycles.